The SMILES string of the molecule is CSCC(SC)=C1CCc2ccc(C(F)(F)F)cc2C1=O. The number of alkyl halides is 3. The molecule has 0 amide bonds. The molecule has 1 aromatic carbocycles. The Hall–Kier alpha value is -0.880. The molecule has 1 aliphatic rings. The Kier molecular flexibility index (Phi) is 5.09. The molecule has 21 heavy (non-hydrogen) atoms. The zero-order valence-electron chi connectivity index (χ0n) is 11.7. The Morgan fingerprint density at radius 1 is 1.24 bits per heavy atom. The number of fused-ring (bicyclic) bond motifs is 1. The van der Waals surface area contributed by atoms with E-state index >= 15 is 0 Å². The molecule has 0 saturated heterocycles. The maximum atomic E-state index is 12.8. The molecule has 1 aromatic rings. The average Bonchev–Trinajstić information content (AvgIpc) is 2.44. The van der Waals surface area contributed by atoms with Crippen LogP contribution in [0, 0.1) is 0 Å². The molecule has 0 fully saturated rings. The smallest absolute Gasteiger partial charge is 0.289 e. The normalized spacial score (nSPS) is 17.7. The van der Waals surface area contributed by atoms with E-state index in [-0.39, 0.29) is 11.3 Å². The minimum Gasteiger partial charge on any atom is -0.289 e. The van der Waals surface area contributed by atoms with E-state index in [1.54, 1.807) is 11.8 Å². The summed E-state index contributed by atoms with van der Waals surface area (Å²) in [5.74, 6) is 0.469. The fourth-order valence-electron chi connectivity index (χ4n) is 2.38. The Bertz CT molecular complexity index is 591. The fourth-order valence-corrected chi connectivity index (χ4v) is 4.09. The van der Waals surface area contributed by atoms with Gasteiger partial charge in [-0.25, -0.2) is 0 Å². The minimum atomic E-state index is -4.42. The van der Waals surface area contributed by atoms with Crippen molar-refractivity contribution in [1.29, 1.82) is 0 Å². The molecule has 6 heteroatoms. The number of ketones is 1. The first-order chi connectivity index (χ1) is 9.88. The van der Waals surface area contributed by atoms with Gasteiger partial charge in [-0.1, -0.05) is 6.07 Å². The molecule has 0 spiro atoms. The Morgan fingerprint density at radius 3 is 2.52 bits per heavy atom. The number of allylic oxidation sites excluding steroid dienone is 1. The van der Waals surface area contributed by atoms with E-state index < -0.39 is 11.7 Å². The number of carbonyl (C=O) groups is 1. The van der Waals surface area contributed by atoms with Crippen molar-refractivity contribution in [3.63, 3.8) is 0 Å². The van der Waals surface area contributed by atoms with Crippen molar-refractivity contribution in [1.82, 2.24) is 0 Å². The summed E-state index contributed by atoms with van der Waals surface area (Å²) in [6, 6.07) is 3.48. The lowest BCUT2D eigenvalue weighted by atomic mass is 9.85. The molecule has 0 radical (unpaired) electrons. The molecule has 114 valence electrons. The van der Waals surface area contributed by atoms with Crippen molar-refractivity contribution in [3.8, 4) is 0 Å². The molecular weight excluding hydrogens is 317 g/mol. The van der Waals surface area contributed by atoms with Crippen molar-refractivity contribution in [3.05, 3.63) is 45.4 Å². The van der Waals surface area contributed by atoms with Crippen molar-refractivity contribution in [2.75, 3.05) is 18.3 Å². The lowest BCUT2D eigenvalue weighted by Crippen LogP contribution is -2.18. The lowest BCUT2D eigenvalue weighted by Gasteiger charge is -2.21. The summed E-state index contributed by atoms with van der Waals surface area (Å²) >= 11 is 3.11. The van der Waals surface area contributed by atoms with Gasteiger partial charge < -0.3 is 0 Å². The van der Waals surface area contributed by atoms with Crippen molar-refractivity contribution >= 4 is 29.3 Å². The van der Waals surface area contributed by atoms with Crippen LogP contribution in [0.25, 0.3) is 0 Å². The summed E-state index contributed by atoms with van der Waals surface area (Å²) in [6.45, 7) is 0. The monoisotopic (exact) mass is 332 g/mol. The summed E-state index contributed by atoms with van der Waals surface area (Å²) in [4.78, 5) is 13.5. The van der Waals surface area contributed by atoms with Crippen LogP contribution in [0.15, 0.2) is 28.7 Å². The summed E-state index contributed by atoms with van der Waals surface area (Å²) < 4.78 is 38.4. The lowest BCUT2D eigenvalue weighted by molar-refractivity contribution is -0.137. The summed E-state index contributed by atoms with van der Waals surface area (Å²) in [6.07, 6.45) is 0.645. The summed E-state index contributed by atoms with van der Waals surface area (Å²) in [5, 5.41) is 0. The van der Waals surface area contributed by atoms with Crippen molar-refractivity contribution in [2.24, 2.45) is 0 Å². The van der Waals surface area contributed by atoms with E-state index in [9.17, 15) is 18.0 Å². The zero-order valence-corrected chi connectivity index (χ0v) is 13.3. The van der Waals surface area contributed by atoms with E-state index in [0.717, 1.165) is 22.8 Å². The third-order valence-corrected chi connectivity index (χ3v) is 5.10. The predicted molar refractivity (Wildman–Crippen MR) is 83.0 cm³/mol. The van der Waals surface area contributed by atoms with Gasteiger partial charge in [0.15, 0.2) is 5.78 Å². The Morgan fingerprint density at radius 2 is 1.95 bits per heavy atom. The predicted octanol–water partition coefficient (Wildman–Crippen LogP) is 4.81. The van der Waals surface area contributed by atoms with Crippen LogP contribution in [-0.4, -0.2) is 24.0 Å². The highest BCUT2D eigenvalue weighted by Gasteiger charge is 2.33. The third-order valence-electron chi connectivity index (χ3n) is 3.46. The molecular formula is C15H15F3OS2. The van der Waals surface area contributed by atoms with Crippen LogP contribution in [0.2, 0.25) is 0 Å². The molecule has 0 N–H and O–H groups in total. The second-order valence-corrected chi connectivity index (χ2v) is 6.50. The number of Topliss-reactive ketones (excluding diaryl/α,β-unsaturated/α-hetero) is 1. The van der Waals surface area contributed by atoms with Crippen LogP contribution in [0.4, 0.5) is 13.2 Å². The van der Waals surface area contributed by atoms with Crippen molar-refractivity contribution in [2.45, 2.75) is 19.0 Å². The van der Waals surface area contributed by atoms with E-state index in [0.29, 0.717) is 24.0 Å². The van der Waals surface area contributed by atoms with E-state index in [1.807, 2.05) is 12.5 Å². The van der Waals surface area contributed by atoms with Crippen LogP contribution in [-0.2, 0) is 12.6 Å². The van der Waals surface area contributed by atoms with Crippen LogP contribution in [0.1, 0.15) is 27.9 Å². The van der Waals surface area contributed by atoms with Crippen LogP contribution < -0.4 is 0 Å². The largest absolute Gasteiger partial charge is 0.416 e. The molecule has 0 unspecified atom stereocenters. The van der Waals surface area contributed by atoms with Gasteiger partial charge in [0, 0.05) is 21.8 Å². The van der Waals surface area contributed by atoms with Gasteiger partial charge in [-0.15, -0.1) is 11.8 Å². The number of thioether (sulfide) groups is 2. The number of hydrogen-bond acceptors (Lipinski definition) is 3. The standard InChI is InChI=1S/C15H15F3OS2/c1-20-8-13(21-2)11-6-4-9-3-5-10(15(16,17)18)7-12(9)14(11)19/h3,5,7H,4,6,8H2,1-2H3. The second-order valence-electron chi connectivity index (χ2n) is 4.74. The molecule has 1 aliphatic carbocycles. The number of benzene rings is 1. The van der Waals surface area contributed by atoms with Crippen molar-refractivity contribution < 1.29 is 18.0 Å². The third kappa shape index (κ3) is 3.48. The van der Waals surface area contributed by atoms with Gasteiger partial charge in [0.05, 0.1) is 5.56 Å². The molecule has 0 aromatic heterocycles. The van der Waals surface area contributed by atoms with Crippen LogP contribution in [0.3, 0.4) is 0 Å². The highest BCUT2D eigenvalue weighted by atomic mass is 32.2. The number of aryl methyl sites for hydroxylation is 1. The molecule has 0 saturated carbocycles. The number of hydrogen-bond donors (Lipinski definition) is 0. The average molecular weight is 332 g/mol. The number of halogens is 3. The van der Waals surface area contributed by atoms with Gasteiger partial charge in [0.25, 0.3) is 0 Å². The molecule has 1 nitrogen and oxygen atoms in total. The number of rotatable bonds is 3. The summed E-state index contributed by atoms with van der Waals surface area (Å²) in [7, 11) is 0. The van der Waals surface area contributed by atoms with Crippen LogP contribution in [0.5, 0.6) is 0 Å². The van der Waals surface area contributed by atoms with E-state index in [2.05, 4.69) is 0 Å². The summed E-state index contributed by atoms with van der Waals surface area (Å²) in [5.41, 5.74) is 0.829. The van der Waals surface area contributed by atoms with E-state index in [1.165, 1.54) is 17.8 Å². The first kappa shape index (κ1) is 16.5. The maximum Gasteiger partial charge on any atom is 0.416 e. The Balaban J connectivity index is 2.47. The molecule has 0 atom stereocenters. The quantitative estimate of drug-likeness (QED) is 0.739. The van der Waals surface area contributed by atoms with Crippen LogP contribution >= 0.6 is 23.5 Å². The van der Waals surface area contributed by atoms with Gasteiger partial charge in [-0.05, 0) is 43.0 Å². The maximum absolute atomic E-state index is 12.8. The van der Waals surface area contributed by atoms with E-state index in [4.69, 9.17) is 0 Å². The molecule has 0 bridgehead atoms. The molecule has 2 rings (SSSR count). The fraction of sp³-hybridized carbons (Fsp3) is 0.400. The highest BCUT2D eigenvalue weighted by Crippen LogP contribution is 2.36. The topological polar surface area (TPSA) is 17.1 Å². The van der Waals surface area contributed by atoms with Gasteiger partial charge in [0.1, 0.15) is 0 Å². The zero-order chi connectivity index (χ0) is 15.6. The van der Waals surface area contributed by atoms with Gasteiger partial charge in [-0.2, -0.15) is 24.9 Å². The minimum absolute atomic E-state index is 0.207. The number of carbonyl (C=O) groups excluding carboxylic acids is 1. The first-order valence-corrected chi connectivity index (χ1v) is 9.00. The van der Waals surface area contributed by atoms with Gasteiger partial charge in [0.2, 0.25) is 0 Å². The molecule has 0 aliphatic heterocycles. The van der Waals surface area contributed by atoms with Gasteiger partial charge in [-0.3, -0.25) is 4.79 Å². The second kappa shape index (κ2) is 6.48. The Labute approximate surface area is 130 Å². The first-order valence-electron chi connectivity index (χ1n) is 6.38. The highest BCUT2D eigenvalue weighted by molar-refractivity contribution is 8.05. The molecule has 0 heterocycles. The van der Waals surface area contributed by atoms with Gasteiger partial charge >= 0.3 is 6.18 Å².